The largest absolute Gasteiger partial charge is 0.496 e. The monoisotopic (exact) mass is 573 g/mol. The molecule has 0 saturated carbocycles. The molecule has 2 heterocycles. The van der Waals surface area contributed by atoms with Gasteiger partial charge in [-0.2, -0.15) is 0 Å². The van der Waals surface area contributed by atoms with Gasteiger partial charge in [-0.1, -0.05) is 53.8 Å². The Hall–Kier alpha value is -3.82. The van der Waals surface area contributed by atoms with Crippen LogP contribution in [0.1, 0.15) is 34.7 Å². The second kappa shape index (κ2) is 9.24. The van der Waals surface area contributed by atoms with E-state index in [0.29, 0.717) is 20.6 Å². The molecule has 184 valence electrons. The molecule has 3 aromatic carbocycles. The number of nitrogens with zero attached hydrogens (tertiary/aromatic N) is 3. The predicted molar refractivity (Wildman–Crippen MR) is 147 cm³/mol. The molecule has 1 aliphatic carbocycles. The van der Waals surface area contributed by atoms with Crippen LogP contribution in [-0.4, -0.2) is 16.6 Å². The van der Waals surface area contributed by atoms with E-state index in [0.717, 1.165) is 39.7 Å². The Labute approximate surface area is 224 Å². The van der Waals surface area contributed by atoms with Gasteiger partial charge in [0.05, 0.1) is 32.8 Å². The van der Waals surface area contributed by atoms with Crippen molar-refractivity contribution < 1.29 is 9.66 Å². The van der Waals surface area contributed by atoms with Gasteiger partial charge in [0, 0.05) is 17.7 Å². The van der Waals surface area contributed by atoms with Crippen molar-refractivity contribution in [2.45, 2.75) is 18.9 Å². The van der Waals surface area contributed by atoms with Crippen molar-refractivity contribution >= 4 is 44.7 Å². The third kappa shape index (κ3) is 4.04. The van der Waals surface area contributed by atoms with Gasteiger partial charge in [-0.25, -0.2) is 4.99 Å². The smallest absolute Gasteiger partial charge is 0.271 e. The molecule has 7 nitrogen and oxygen atoms in total. The summed E-state index contributed by atoms with van der Waals surface area (Å²) in [6, 6.07) is 19.9. The third-order valence-corrected chi connectivity index (χ3v) is 8.35. The van der Waals surface area contributed by atoms with Crippen LogP contribution in [0.2, 0.25) is 0 Å². The van der Waals surface area contributed by atoms with Gasteiger partial charge in [0.15, 0.2) is 4.80 Å². The Bertz CT molecular complexity index is 1800. The maximum Gasteiger partial charge on any atom is 0.271 e. The maximum atomic E-state index is 13.8. The standard InChI is InChI=1S/C28H20BrN3O4S/c1-36-23-12-9-16(13-22(23)29)14-24-27(33)31-26(18-6-4-7-19(15-18)32(34)35)21-11-10-17-5-2-3-8-20(17)25(21)30-28(31)37-24/h2-9,12-15,26H,10-11H2,1H3. The van der Waals surface area contributed by atoms with E-state index in [1.165, 1.54) is 23.0 Å². The molecule has 0 bridgehead atoms. The van der Waals surface area contributed by atoms with Gasteiger partial charge in [0.2, 0.25) is 0 Å². The lowest BCUT2D eigenvalue weighted by Gasteiger charge is -2.30. The number of nitro groups is 1. The summed E-state index contributed by atoms with van der Waals surface area (Å²) in [5, 5.41) is 11.6. The summed E-state index contributed by atoms with van der Waals surface area (Å²) in [6.07, 6.45) is 3.38. The molecule has 0 amide bonds. The number of halogens is 1. The summed E-state index contributed by atoms with van der Waals surface area (Å²) in [6.45, 7) is 0. The molecule has 0 saturated heterocycles. The van der Waals surface area contributed by atoms with E-state index in [4.69, 9.17) is 9.73 Å². The molecule has 2 aliphatic rings. The number of non-ortho nitro benzene ring substituents is 1. The number of aromatic nitrogens is 1. The van der Waals surface area contributed by atoms with E-state index in [-0.39, 0.29) is 11.2 Å². The fraction of sp³-hybridized carbons (Fsp3) is 0.143. The lowest BCUT2D eigenvalue weighted by molar-refractivity contribution is -0.384. The summed E-state index contributed by atoms with van der Waals surface area (Å²) >= 11 is 4.83. The summed E-state index contributed by atoms with van der Waals surface area (Å²) in [7, 11) is 1.60. The molecular weight excluding hydrogens is 554 g/mol. The fourth-order valence-electron chi connectivity index (χ4n) is 5.05. The number of fused-ring (bicyclic) bond motifs is 3. The highest BCUT2D eigenvalue weighted by molar-refractivity contribution is 9.10. The van der Waals surface area contributed by atoms with E-state index in [1.54, 1.807) is 23.8 Å². The maximum absolute atomic E-state index is 13.8. The van der Waals surface area contributed by atoms with Crippen LogP contribution in [0.15, 0.2) is 86.6 Å². The number of nitro benzene ring substituents is 1. The van der Waals surface area contributed by atoms with E-state index < -0.39 is 11.0 Å². The molecule has 0 fully saturated rings. The van der Waals surface area contributed by atoms with Crippen molar-refractivity contribution in [1.82, 2.24) is 4.57 Å². The predicted octanol–water partition coefficient (Wildman–Crippen LogP) is 5.00. The molecule has 1 atom stereocenters. The van der Waals surface area contributed by atoms with Crippen molar-refractivity contribution in [1.29, 1.82) is 0 Å². The lowest BCUT2D eigenvalue weighted by atomic mass is 9.83. The van der Waals surface area contributed by atoms with Gasteiger partial charge in [0.25, 0.3) is 11.2 Å². The van der Waals surface area contributed by atoms with Crippen LogP contribution in [0.5, 0.6) is 5.75 Å². The zero-order valence-electron chi connectivity index (χ0n) is 19.7. The number of methoxy groups -OCH3 is 1. The molecule has 0 radical (unpaired) electrons. The van der Waals surface area contributed by atoms with Gasteiger partial charge in [-0.15, -0.1) is 0 Å². The normalized spacial score (nSPS) is 16.5. The van der Waals surface area contributed by atoms with Crippen molar-refractivity contribution in [3.63, 3.8) is 0 Å². The number of hydrogen-bond acceptors (Lipinski definition) is 6. The lowest BCUT2D eigenvalue weighted by Crippen LogP contribution is -2.38. The number of allylic oxidation sites excluding steroid dienone is 1. The number of benzene rings is 3. The Morgan fingerprint density at radius 1 is 1.14 bits per heavy atom. The first-order valence-electron chi connectivity index (χ1n) is 11.7. The van der Waals surface area contributed by atoms with E-state index >= 15 is 0 Å². The Balaban J connectivity index is 1.60. The number of hydrogen-bond donors (Lipinski definition) is 0. The summed E-state index contributed by atoms with van der Waals surface area (Å²) in [5.74, 6) is 0.704. The van der Waals surface area contributed by atoms with Crippen LogP contribution >= 0.6 is 27.3 Å². The Morgan fingerprint density at radius 3 is 2.76 bits per heavy atom. The van der Waals surface area contributed by atoms with Crippen LogP contribution in [0.3, 0.4) is 0 Å². The zero-order chi connectivity index (χ0) is 25.7. The van der Waals surface area contributed by atoms with E-state index in [2.05, 4.69) is 28.1 Å². The van der Waals surface area contributed by atoms with Crippen molar-refractivity contribution in [3.8, 4) is 5.75 Å². The van der Waals surface area contributed by atoms with Crippen molar-refractivity contribution in [2.75, 3.05) is 7.11 Å². The van der Waals surface area contributed by atoms with Crippen LogP contribution in [0.25, 0.3) is 11.8 Å². The quantitative estimate of drug-likeness (QED) is 0.254. The highest BCUT2D eigenvalue weighted by Gasteiger charge is 2.33. The first-order chi connectivity index (χ1) is 17.9. The molecule has 1 aromatic heterocycles. The van der Waals surface area contributed by atoms with Crippen LogP contribution in [-0.2, 0) is 6.42 Å². The van der Waals surface area contributed by atoms with Gasteiger partial charge in [-0.3, -0.25) is 19.5 Å². The number of aryl methyl sites for hydroxylation is 1. The van der Waals surface area contributed by atoms with Gasteiger partial charge < -0.3 is 4.74 Å². The fourth-order valence-corrected chi connectivity index (χ4v) is 6.61. The van der Waals surface area contributed by atoms with Crippen LogP contribution < -0.4 is 19.6 Å². The number of rotatable bonds is 4. The van der Waals surface area contributed by atoms with Gasteiger partial charge in [-0.05, 0) is 69.2 Å². The minimum absolute atomic E-state index is 0.00179. The van der Waals surface area contributed by atoms with Crippen molar-refractivity contribution in [3.05, 3.63) is 129 Å². The Morgan fingerprint density at radius 2 is 1.97 bits per heavy atom. The zero-order valence-corrected chi connectivity index (χ0v) is 22.1. The molecule has 1 unspecified atom stereocenters. The minimum Gasteiger partial charge on any atom is -0.496 e. The van der Waals surface area contributed by atoms with E-state index in [9.17, 15) is 14.9 Å². The molecule has 1 aliphatic heterocycles. The molecular formula is C28H20BrN3O4S. The summed E-state index contributed by atoms with van der Waals surface area (Å²) in [5.41, 5.74) is 5.51. The highest BCUT2D eigenvalue weighted by atomic mass is 79.9. The second-order valence-corrected chi connectivity index (χ2v) is 10.7. The van der Waals surface area contributed by atoms with Crippen molar-refractivity contribution in [2.24, 2.45) is 4.99 Å². The average molecular weight is 574 g/mol. The van der Waals surface area contributed by atoms with Gasteiger partial charge >= 0.3 is 0 Å². The molecule has 0 N–H and O–H groups in total. The highest BCUT2D eigenvalue weighted by Crippen LogP contribution is 2.41. The Kier molecular flexibility index (Phi) is 5.89. The molecule has 6 rings (SSSR count). The molecule has 37 heavy (non-hydrogen) atoms. The SMILES string of the molecule is COc1ccc(C=c2sc3n(c2=O)C(c2cccc([N+](=O)[O-])c2)C2=C(N=3)c3ccccc3CC2)cc1Br. The number of thiazole rings is 1. The number of ether oxygens (including phenoxy) is 1. The summed E-state index contributed by atoms with van der Waals surface area (Å²) < 4.78 is 8.35. The first kappa shape index (κ1) is 23.6. The van der Waals surface area contributed by atoms with Crippen LogP contribution in [0, 0.1) is 10.1 Å². The third-order valence-electron chi connectivity index (χ3n) is 6.74. The van der Waals surface area contributed by atoms with Gasteiger partial charge in [0.1, 0.15) is 5.75 Å². The van der Waals surface area contributed by atoms with E-state index in [1.807, 2.05) is 42.5 Å². The molecule has 9 heteroatoms. The minimum atomic E-state index is -0.468. The van der Waals surface area contributed by atoms with Crippen LogP contribution in [0.4, 0.5) is 5.69 Å². The molecule has 4 aromatic rings. The summed E-state index contributed by atoms with van der Waals surface area (Å²) in [4.78, 5) is 30.6. The molecule has 0 spiro atoms. The first-order valence-corrected chi connectivity index (χ1v) is 13.3. The second-order valence-electron chi connectivity index (χ2n) is 8.86. The topological polar surface area (TPSA) is 86.7 Å². The average Bonchev–Trinajstić information content (AvgIpc) is 3.21.